The Kier molecular flexibility index (Phi) is 4.40. The number of hydrogen-bond donors (Lipinski definition) is 0. The van der Waals surface area contributed by atoms with Crippen LogP contribution in [0.25, 0.3) is 0 Å². The van der Waals surface area contributed by atoms with Gasteiger partial charge in [0.25, 0.3) is 0 Å². The first-order valence-electron chi connectivity index (χ1n) is 6.61. The third-order valence-corrected chi connectivity index (χ3v) is 5.56. The van der Waals surface area contributed by atoms with Gasteiger partial charge in [0.1, 0.15) is 16.6 Å². The lowest BCUT2D eigenvalue weighted by Gasteiger charge is -2.34. The van der Waals surface area contributed by atoms with E-state index in [-0.39, 0.29) is 0 Å². The largest absolute Gasteiger partial charge is 0.358 e. The molecule has 110 valence electrons. The molecule has 0 atom stereocenters. The fraction of sp³-hybridized carbons (Fsp3) is 0.462. The lowest BCUT2D eigenvalue weighted by atomic mass is 10.2. The minimum Gasteiger partial charge on any atom is -0.358 e. The SMILES string of the molecule is Cc1nc(CN2CCN(c3snc(Cl)c3C#N)CC2)cs1. The zero-order chi connectivity index (χ0) is 14.8. The van der Waals surface area contributed by atoms with Crippen molar-refractivity contribution in [2.75, 3.05) is 31.1 Å². The van der Waals surface area contributed by atoms with Gasteiger partial charge in [-0.1, -0.05) is 11.6 Å². The van der Waals surface area contributed by atoms with E-state index in [1.165, 1.54) is 11.5 Å². The molecule has 2 aromatic heterocycles. The highest BCUT2D eigenvalue weighted by Gasteiger charge is 2.23. The molecule has 1 saturated heterocycles. The van der Waals surface area contributed by atoms with Crippen LogP contribution in [0.1, 0.15) is 16.3 Å². The van der Waals surface area contributed by atoms with Crippen molar-refractivity contribution in [2.45, 2.75) is 13.5 Å². The molecule has 2 aromatic rings. The average Bonchev–Trinajstić information content (AvgIpc) is 3.05. The summed E-state index contributed by atoms with van der Waals surface area (Å²) in [5.74, 6) is 0. The molecule has 0 aromatic carbocycles. The number of halogens is 1. The van der Waals surface area contributed by atoms with E-state index < -0.39 is 0 Å². The highest BCUT2D eigenvalue weighted by molar-refractivity contribution is 7.11. The van der Waals surface area contributed by atoms with Gasteiger partial charge in [-0.2, -0.15) is 9.64 Å². The number of aromatic nitrogens is 2. The molecule has 0 unspecified atom stereocenters. The molecule has 0 saturated carbocycles. The summed E-state index contributed by atoms with van der Waals surface area (Å²) in [6.45, 7) is 6.61. The summed E-state index contributed by atoms with van der Waals surface area (Å²) in [4.78, 5) is 9.10. The number of nitrogens with zero attached hydrogens (tertiary/aromatic N) is 5. The lowest BCUT2D eigenvalue weighted by Crippen LogP contribution is -2.45. The zero-order valence-corrected chi connectivity index (χ0v) is 13.9. The molecule has 3 heterocycles. The molecule has 1 fully saturated rings. The van der Waals surface area contributed by atoms with Crippen LogP contribution in [-0.2, 0) is 6.54 Å². The molecule has 5 nitrogen and oxygen atoms in total. The quantitative estimate of drug-likeness (QED) is 0.860. The van der Waals surface area contributed by atoms with Gasteiger partial charge in [-0.15, -0.1) is 11.3 Å². The van der Waals surface area contributed by atoms with Crippen molar-refractivity contribution < 1.29 is 0 Å². The van der Waals surface area contributed by atoms with Crippen LogP contribution >= 0.6 is 34.5 Å². The first-order valence-corrected chi connectivity index (χ1v) is 8.64. The molecule has 0 aliphatic carbocycles. The fourth-order valence-electron chi connectivity index (χ4n) is 2.39. The van der Waals surface area contributed by atoms with Gasteiger partial charge in [-0.05, 0) is 18.5 Å². The monoisotopic (exact) mass is 339 g/mol. The number of hydrogen-bond acceptors (Lipinski definition) is 7. The second-order valence-electron chi connectivity index (χ2n) is 4.89. The fourth-order valence-corrected chi connectivity index (χ4v) is 4.08. The maximum Gasteiger partial charge on any atom is 0.162 e. The van der Waals surface area contributed by atoms with Crippen LogP contribution in [0.4, 0.5) is 5.00 Å². The van der Waals surface area contributed by atoms with Gasteiger partial charge < -0.3 is 4.90 Å². The first-order chi connectivity index (χ1) is 10.2. The smallest absolute Gasteiger partial charge is 0.162 e. The van der Waals surface area contributed by atoms with Gasteiger partial charge in [-0.25, -0.2) is 4.98 Å². The summed E-state index contributed by atoms with van der Waals surface area (Å²) in [5, 5.41) is 13.6. The van der Waals surface area contributed by atoms with E-state index in [2.05, 4.69) is 30.6 Å². The van der Waals surface area contributed by atoms with Gasteiger partial charge in [-0.3, -0.25) is 4.90 Å². The Morgan fingerprint density at radius 3 is 2.76 bits per heavy atom. The predicted molar refractivity (Wildman–Crippen MR) is 86.2 cm³/mol. The molecule has 1 aliphatic rings. The van der Waals surface area contributed by atoms with Gasteiger partial charge in [0.05, 0.1) is 10.7 Å². The Bertz CT molecular complexity index is 666. The van der Waals surface area contributed by atoms with Gasteiger partial charge in [0.15, 0.2) is 5.15 Å². The topological polar surface area (TPSA) is 56.1 Å². The van der Waals surface area contributed by atoms with Crippen molar-refractivity contribution in [3.63, 3.8) is 0 Å². The average molecular weight is 340 g/mol. The van der Waals surface area contributed by atoms with Crippen LogP contribution in [0.3, 0.4) is 0 Å². The van der Waals surface area contributed by atoms with E-state index in [1.807, 2.05) is 6.92 Å². The molecule has 0 radical (unpaired) electrons. The number of aryl methyl sites for hydroxylation is 1. The summed E-state index contributed by atoms with van der Waals surface area (Å²) >= 11 is 8.94. The number of piperazine rings is 1. The maximum absolute atomic E-state index is 9.16. The van der Waals surface area contributed by atoms with E-state index in [4.69, 9.17) is 16.9 Å². The molecule has 1 aliphatic heterocycles. The second-order valence-corrected chi connectivity index (χ2v) is 7.06. The Hall–Kier alpha value is -1.20. The van der Waals surface area contributed by atoms with Crippen LogP contribution in [0.15, 0.2) is 5.38 Å². The molecule has 8 heteroatoms. The van der Waals surface area contributed by atoms with Crippen LogP contribution in [0.2, 0.25) is 5.15 Å². The molecule has 0 spiro atoms. The van der Waals surface area contributed by atoms with Crippen molar-refractivity contribution in [1.29, 1.82) is 5.26 Å². The summed E-state index contributed by atoms with van der Waals surface area (Å²) in [5.41, 5.74) is 1.65. The zero-order valence-electron chi connectivity index (χ0n) is 11.5. The predicted octanol–water partition coefficient (Wildman–Crippen LogP) is 2.76. The Morgan fingerprint density at radius 2 is 2.14 bits per heavy atom. The minimum absolute atomic E-state index is 0.317. The molecule has 0 bridgehead atoms. The van der Waals surface area contributed by atoms with Crippen molar-refractivity contribution in [3.8, 4) is 6.07 Å². The van der Waals surface area contributed by atoms with E-state index in [9.17, 15) is 0 Å². The summed E-state index contributed by atoms with van der Waals surface area (Å²) < 4.78 is 4.07. The minimum atomic E-state index is 0.317. The Balaban J connectivity index is 1.61. The van der Waals surface area contributed by atoms with Crippen molar-refractivity contribution in [1.82, 2.24) is 14.3 Å². The van der Waals surface area contributed by atoms with Crippen molar-refractivity contribution >= 4 is 39.5 Å². The second kappa shape index (κ2) is 6.28. The van der Waals surface area contributed by atoms with Gasteiger partial charge in [0, 0.05) is 38.1 Å². The lowest BCUT2D eigenvalue weighted by molar-refractivity contribution is 0.248. The highest BCUT2D eigenvalue weighted by Crippen LogP contribution is 2.31. The van der Waals surface area contributed by atoms with Crippen LogP contribution in [-0.4, -0.2) is 40.4 Å². The summed E-state index contributed by atoms with van der Waals surface area (Å²) in [6, 6.07) is 2.15. The summed E-state index contributed by atoms with van der Waals surface area (Å²) in [6.07, 6.45) is 0. The van der Waals surface area contributed by atoms with E-state index >= 15 is 0 Å². The molecular weight excluding hydrogens is 326 g/mol. The number of rotatable bonds is 3. The molecular formula is C13H14ClN5S2. The summed E-state index contributed by atoms with van der Waals surface area (Å²) in [7, 11) is 0. The molecule has 21 heavy (non-hydrogen) atoms. The van der Waals surface area contributed by atoms with E-state index in [0.29, 0.717) is 10.7 Å². The highest BCUT2D eigenvalue weighted by atomic mass is 35.5. The molecule has 3 rings (SSSR count). The third-order valence-electron chi connectivity index (χ3n) is 3.46. The van der Waals surface area contributed by atoms with Crippen molar-refractivity contribution in [3.05, 3.63) is 26.8 Å². The Morgan fingerprint density at radius 1 is 1.38 bits per heavy atom. The van der Waals surface area contributed by atoms with Gasteiger partial charge >= 0.3 is 0 Å². The van der Waals surface area contributed by atoms with E-state index in [0.717, 1.165) is 48.4 Å². The number of nitriles is 1. The standard InChI is InChI=1S/C13H14ClN5S2/c1-9-16-10(8-20-9)7-18-2-4-19(5-3-18)13-11(6-15)12(14)17-21-13/h8H,2-5,7H2,1H3. The van der Waals surface area contributed by atoms with E-state index in [1.54, 1.807) is 11.3 Å². The molecule has 0 amide bonds. The Labute approximate surface area is 136 Å². The van der Waals surface area contributed by atoms with Gasteiger partial charge in [0.2, 0.25) is 0 Å². The van der Waals surface area contributed by atoms with Crippen LogP contribution < -0.4 is 4.90 Å². The van der Waals surface area contributed by atoms with Crippen LogP contribution in [0, 0.1) is 18.3 Å². The van der Waals surface area contributed by atoms with Crippen LogP contribution in [0.5, 0.6) is 0 Å². The third kappa shape index (κ3) is 3.19. The normalized spacial score (nSPS) is 16.1. The maximum atomic E-state index is 9.16. The number of anilines is 1. The van der Waals surface area contributed by atoms with Crippen molar-refractivity contribution in [2.24, 2.45) is 0 Å². The number of thiazole rings is 1. The molecule has 0 N–H and O–H groups in total. The first kappa shape index (κ1) is 14.7.